The molecular formula is C8H13F2N3O. The second kappa shape index (κ2) is 4.47. The molecule has 0 atom stereocenters. The number of imidazole rings is 1. The van der Waals surface area contributed by atoms with Crippen molar-refractivity contribution in [2.45, 2.75) is 19.4 Å². The highest BCUT2D eigenvalue weighted by atomic mass is 19.3. The van der Waals surface area contributed by atoms with Crippen molar-refractivity contribution in [1.82, 2.24) is 15.3 Å². The lowest BCUT2D eigenvalue weighted by molar-refractivity contribution is -0.0478. The molecule has 1 aromatic heterocycles. The van der Waals surface area contributed by atoms with E-state index in [1.165, 1.54) is 0 Å². The number of aromatic nitrogens is 2. The fourth-order valence-corrected chi connectivity index (χ4v) is 0.997. The number of aryl methyl sites for hydroxylation is 1. The van der Waals surface area contributed by atoms with Gasteiger partial charge in [0.1, 0.15) is 12.4 Å². The normalized spacial score (nSPS) is 12.0. The van der Waals surface area contributed by atoms with E-state index in [1.54, 1.807) is 13.1 Å². The maximum atomic E-state index is 12.5. The smallest absolute Gasteiger partial charge is 0.282 e. The number of hydrogen-bond donors (Lipinski definition) is 3. The second-order valence-corrected chi connectivity index (χ2v) is 3.11. The molecule has 1 aromatic rings. The van der Waals surface area contributed by atoms with E-state index in [-0.39, 0.29) is 6.54 Å². The SMILES string of the molecule is Cc1ncc(CNCC(F)(F)CO)[nH]1. The number of alkyl halides is 2. The Balaban J connectivity index is 2.28. The molecule has 0 amide bonds. The van der Waals surface area contributed by atoms with Gasteiger partial charge in [-0.2, -0.15) is 0 Å². The predicted octanol–water partition coefficient (Wildman–Crippen LogP) is 0.435. The van der Waals surface area contributed by atoms with E-state index in [0.717, 1.165) is 11.5 Å². The van der Waals surface area contributed by atoms with Gasteiger partial charge in [-0.3, -0.25) is 0 Å². The first-order chi connectivity index (χ1) is 6.53. The highest BCUT2D eigenvalue weighted by Gasteiger charge is 2.26. The first kappa shape index (κ1) is 11.1. The van der Waals surface area contributed by atoms with Gasteiger partial charge in [-0.15, -0.1) is 0 Å². The monoisotopic (exact) mass is 205 g/mol. The molecule has 0 bridgehead atoms. The molecule has 0 unspecified atom stereocenters. The Kier molecular flexibility index (Phi) is 3.54. The van der Waals surface area contributed by atoms with Crippen LogP contribution in [0.4, 0.5) is 8.78 Å². The maximum absolute atomic E-state index is 12.5. The first-order valence-corrected chi connectivity index (χ1v) is 4.23. The van der Waals surface area contributed by atoms with Gasteiger partial charge in [-0.1, -0.05) is 0 Å². The van der Waals surface area contributed by atoms with Gasteiger partial charge in [0.15, 0.2) is 0 Å². The van der Waals surface area contributed by atoms with Crippen molar-refractivity contribution in [3.05, 3.63) is 17.7 Å². The van der Waals surface area contributed by atoms with Gasteiger partial charge in [0.2, 0.25) is 0 Å². The lowest BCUT2D eigenvalue weighted by Gasteiger charge is -2.13. The van der Waals surface area contributed by atoms with E-state index in [1.807, 2.05) is 0 Å². The van der Waals surface area contributed by atoms with E-state index in [0.29, 0.717) is 0 Å². The van der Waals surface area contributed by atoms with Crippen LogP contribution in [-0.2, 0) is 6.54 Å². The summed E-state index contributed by atoms with van der Waals surface area (Å²) in [6.07, 6.45) is 1.58. The Morgan fingerprint density at radius 1 is 1.64 bits per heavy atom. The van der Waals surface area contributed by atoms with E-state index in [9.17, 15) is 8.78 Å². The molecule has 4 nitrogen and oxygen atoms in total. The summed E-state index contributed by atoms with van der Waals surface area (Å²) in [5, 5.41) is 10.8. The summed E-state index contributed by atoms with van der Waals surface area (Å²) in [6, 6.07) is 0. The third kappa shape index (κ3) is 3.39. The molecule has 0 aliphatic carbocycles. The van der Waals surface area contributed by atoms with Crippen LogP contribution in [0.3, 0.4) is 0 Å². The van der Waals surface area contributed by atoms with Crippen molar-refractivity contribution >= 4 is 0 Å². The minimum atomic E-state index is -3.06. The van der Waals surface area contributed by atoms with Gasteiger partial charge < -0.3 is 15.4 Å². The number of hydrogen-bond acceptors (Lipinski definition) is 3. The average Bonchev–Trinajstić information content (AvgIpc) is 2.51. The number of H-pyrrole nitrogens is 1. The van der Waals surface area contributed by atoms with Crippen LogP contribution < -0.4 is 5.32 Å². The van der Waals surface area contributed by atoms with Gasteiger partial charge in [-0.25, -0.2) is 13.8 Å². The van der Waals surface area contributed by atoms with Crippen LogP contribution in [0.1, 0.15) is 11.5 Å². The standard InChI is InChI=1S/C8H13F2N3O/c1-6-12-3-7(13-6)2-11-4-8(9,10)5-14/h3,11,14H,2,4-5H2,1H3,(H,12,13). The van der Waals surface area contributed by atoms with Crippen molar-refractivity contribution in [3.63, 3.8) is 0 Å². The number of halogens is 2. The molecule has 0 aliphatic heterocycles. The molecule has 0 saturated heterocycles. The molecule has 0 radical (unpaired) electrons. The number of aliphatic hydroxyl groups excluding tert-OH is 1. The summed E-state index contributed by atoms with van der Waals surface area (Å²) in [5.41, 5.74) is 0.747. The van der Waals surface area contributed by atoms with Gasteiger partial charge >= 0.3 is 0 Å². The van der Waals surface area contributed by atoms with Crippen molar-refractivity contribution < 1.29 is 13.9 Å². The number of aliphatic hydroxyl groups is 1. The predicted molar refractivity (Wildman–Crippen MR) is 47.1 cm³/mol. The average molecular weight is 205 g/mol. The van der Waals surface area contributed by atoms with Gasteiger partial charge in [0.05, 0.1) is 6.54 Å². The Hall–Kier alpha value is -1.01. The Bertz CT molecular complexity index is 288. The van der Waals surface area contributed by atoms with Crippen LogP contribution in [0.15, 0.2) is 6.20 Å². The summed E-state index contributed by atoms with van der Waals surface area (Å²) in [7, 11) is 0. The molecule has 0 spiro atoms. The molecule has 80 valence electrons. The Morgan fingerprint density at radius 2 is 2.36 bits per heavy atom. The van der Waals surface area contributed by atoms with E-state index in [2.05, 4.69) is 15.3 Å². The molecule has 3 N–H and O–H groups in total. The van der Waals surface area contributed by atoms with E-state index >= 15 is 0 Å². The molecule has 0 saturated carbocycles. The third-order valence-corrected chi connectivity index (χ3v) is 1.69. The topological polar surface area (TPSA) is 60.9 Å². The lowest BCUT2D eigenvalue weighted by Crippen LogP contribution is -2.35. The molecule has 6 heteroatoms. The van der Waals surface area contributed by atoms with Crippen LogP contribution in [0.25, 0.3) is 0 Å². The van der Waals surface area contributed by atoms with Crippen LogP contribution in [0, 0.1) is 6.92 Å². The number of nitrogens with one attached hydrogen (secondary N) is 2. The highest BCUT2D eigenvalue weighted by Crippen LogP contribution is 2.09. The van der Waals surface area contributed by atoms with Crippen molar-refractivity contribution in [2.24, 2.45) is 0 Å². The highest BCUT2D eigenvalue weighted by molar-refractivity contribution is 4.99. The van der Waals surface area contributed by atoms with Gasteiger partial charge in [-0.05, 0) is 6.92 Å². The number of rotatable bonds is 5. The molecule has 0 fully saturated rings. The van der Waals surface area contributed by atoms with Crippen LogP contribution in [-0.4, -0.2) is 34.1 Å². The summed E-state index contributed by atoms with van der Waals surface area (Å²) in [5.74, 6) is -2.31. The van der Waals surface area contributed by atoms with Crippen LogP contribution >= 0.6 is 0 Å². The molecule has 0 aliphatic rings. The summed E-state index contributed by atoms with van der Waals surface area (Å²) >= 11 is 0. The molecule has 0 aromatic carbocycles. The van der Waals surface area contributed by atoms with Crippen LogP contribution in [0.2, 0.25) is 0 Å². The van der Waals surface area contributed by atoms with Gasteiger partial charge in [0, 0.05) is 18.4 Å². The number of nitrogens with zero attached hydrogens (tertiary/aromatic N) is 1. The fraction of sp³-hybridized carbons (Fsp3) is 0.625. The Labute approximate surface area is 80.4 Å². The zero-order valence-electron chi connectivity index (χ0n) is 7.85. The largest absolute Gasteiger partial charge is 0.390 e. The lowest BCUT2D eigenvalue weighted by atomic mass is 10.3. The third-order valence-electron chi connectivity index (χ3n) is 1.69. The maximum Gasteiger partial charge on any atom is 0.282 e. The minimum absolute atomic E-state index is 0.288. The molecular weight excluding hydrogens is 192 g/mol. The summed E-state index contributed by atoms with van der Waals surface area (Å²) < 4.78 is 25.0. The fourth-order valence-electron chi connectivity index (χ4n) is 0.997. The van der Waals surface area contributed by atoms with E-state index in [4.69, 9.17) is 5.11 Å². The number of aromatic amines is 1. The second-order valence-electron chi connectivity index (χ2n) is 3.11. The summed E-state index contributed by atoms with van der Waals surface area (Å²) in [4.78, 5) is 6.82. The van der Waals surface area contributed by atoms with E-state index < -0.39 is 19.1 Å². The molecule has 1 rings (SSSR count). The quantitative estimate of drug-likeness (QED) is 0.653. The summed E-state index contributed by atoms with van der Waals surface area (Å²) in [6.45, 7) is 0.395. The van der Waals surface area contributed by atoms with Crippen molar-refractivity contribution in [1.29, 1.82) is 0 Å². The molecule has 1 heterocycles. The minimum Gasteiger partial charge on any atom is -0.390 e. The van der Waals surface area contributed by atoms with Crippen LogP contribution in [0.5, 0.6) is 0 Å². The Morgan fingerprint density at radius 3 is 2.86 bits per heavy atom. The van der Waals surface area contributed by atoms with Crippen molar-refractivity contribution in [2.75, 3.05) is 13.2 Å². The zero-order valence-corrected chi connectivity index (χ0v) is 7.85. The zero-order chi connectivity index (χ0) is 10.6. The van der Waals surface area contributed by atoms with Crippen molar-refractivity contribution in [3.8, 4) is 0 Å². The molecule has 14 heavy (non-hydrogen) atoms. The van der Waals surface area contributed by atoms with Gasteiger partial charge in [0.25, 0.3) is 5.92 Å². The first-order valence-electron chi connectivity index (χ1n) is 4.23.